The molecule has 0 radical (unpaired) electrons. The summed E-state index contributed by atoms with van der Waals surface area (Å²) in [6.07, 6.45) is 0.713. The third-order valence-corrected chi connectivity index (χ3v) is 2.37. The normalized spacial score (nSPS) is 10.6. The van der Waals surface area contributed by atoms with Crippen LogP contribution in [0, 0.1) is 13.8 Å². The van der Waals surface area contributed by atoms with Gasteiger partial charge in [-0.2, -0.15) is 0 Å². The largest absolute Gasteiger partial charge is 0.396 e. The number of ether oxygens (including phenoxy) is 1. The standard InChI is InChI=1S/C12H18O2/c1-9-6-10(2)12(4-5-13)11(7-9)8-14-3/h6-7,13H,4-5,8H2,1-3H3. The lowest BCUT2D eigenvalue weighted by Gasteiger charge is -2.12. The van der Waals surface area contributed by atoms with Crippen molar-refractivity contribution in [3.63, 3.8) is 0 Å². The maximum absolute atomic E-state index is 8.97. The smallest absolute Gasteiger partial charge is 0.0715 e. The van der Waals surface area contributed by atoms with Crippen LogP contribution in [0.15, 0.2) is 12.1 Å². The molecule has 0 aromatic heterocycles. The van der Waals surface area contributed by atoms with Crippen molar-refractivity contribution in [2.24, 2.45) is 0 Å². The van der Waals surface area contributed by atoms with Crippen LogP contribution in [-0.4, -0.2) is 18.8 Å². The summed E-state index contributed by atoms with van der Waals surface area (Å²) < 4.78 is 5.14. The molecule has 0 aliphatic rings. The van der Waals surface area contributed by atoms with Gasteiger partial charge in [0.15, 0.2) is 0 Å². The molecule has 0 spiro atoms. The molecule has 2 nitrogen and oxygen atoms in total. The number of aliphatic hydroxyl groups excluding tert-OH is 1. The molecule has 0 atom stereocenters. The summed E-state index contributed by atoms with van der Waals surface area (Å²) in [7, 11) is 1.69. The molecular weight excluding hydrogens is 176 g/mol. The third-order valence-electron chi connectivity index (χ3n) is 2.37. The Hall–Kier alpha value is -0.860. The first kappa shape index (κ1) is 11.2. The molecule has 0 aliphatic carbocycles. The van der Waals surface area contributed by atoms with Gasteiger partial charge >= 0.3 is 0 Å². The lowest BCUT2D eigenvalue weighted by molar-refractivity contribution is 0.183. The second kappa shape index (κ2) is 5.13. The van der Waals surface area contributed by atoms with E-state index < -0.39 is 0 Å². The van der Waals surface area contributed by atoms with Gasteiger partial charge < -0.3 is 9.84 Å². The number of hydrogen-bond donors (Lipinski definition) is 1. The van der Waals surface area contributed by atoms with Crippen molar-refractivity contribution < 1.29 is 9.84 Å². The Bertz CT molecular complexity index is 305. The van der Waals surface area contributed by atoms with E-state index in [0.29, 0.717) is 13.0 Å². The van der Waals surface area contributed by atoms with E-state index in [1.165, 1.54) is 22.3 Å². The first-order valence-corrected chi connectivity index (χ1v) is 4.87. The van der Waals surface area contributed by atoms with Crippen LogP contribution in [0.1, 0.15) is 22.3 Å². The highest BCUT2D eigenvalue weighted by Crippen LogP contribution is 2.18. The monoisotopic (exact) mass is 194 g/mol. The van der Waals surface area contributed by atoms with E-state index in [9.17, 15) is 0 Å². The second-order valence-electron chi connectivity index (χ2n) is 3.63. The zero-order valence-corrected chi connectivity index (χ0v) is 9.13. The van der Waals surface area contributed by atoms with Gasteiger partial charge in [0.25, 0.3) is 0 Å². The fraction of sp³-hybridized carbons (Fsp3) is 0.500. The fourth-order valence-corrected chi connectivity index (χ4v) is 1.84. The maximum atomic E-state index is 8.97. The first-order valence-electron chi connectivity index (χ1n) is 4.87. The molecule has 0 aliphatic heterocycles. The molecule has 14 heavy (non-hydrogen) atoms. The van der Waals surface area contributed by atoms with Gasteiger partial charge in [0.2, 0.25) is 0 Å². The summed E-state index contributed by atoms with van der Waals surface area (Å²) in [5.41, 5.74) is 4.90. The summed E-state index contributed by atoms with van der Waals surface area (Å²) in [5, 5.41) is 8.97. The van der Waals surface area contributed by atoms with E-state index in [1.54, 1.807) is 7.11 Å². The second-order valence-corrected chi connectivity index (χ2v) is 3.63. The molecule has 1 rings (SSSR count). The summed E-state index contributed by atoms with van der Waals surface area (Å²) in [5.74, 6) is 0. The minimum absolute atomic E-state index is 0.195. The lowest BCUT2D eigenvalue weighted by atomic mass is 9.97. The minimum atomic E-state index is 0.195. The molecule has 0 heterocycles. The quantitative estimate of drug-likeness (QED) is 0.794. The topological polar surface area (TPSA) is 29.5 Å². The van der Waals surface area contributed by atoms with E-state index in [2.05, 4.69) is 26.0 Å². The molecule has 0 bridgehead atoms. The van der Waals surface area contributed by atoms with Gasteiger partial charge in [-0.3, -0.25) is 0 Å². The van der Waals surface area contributed by atoms with Gasteiger partial charge in [-0.05, 0) is 37.0 Å². The van der Waals surface area contributed by atoms with Crippen molar-refractivity contribution in [2.45, 2.75) is 26.9 Å². The summed E-state index contributed by atoms with van der Waals surface area (Å²) in [6, 6.07) is 4.27. The van der Waals surface area contributed by atoms with Crippen LogP contribution >= 0.6 is 0 Å². The van der Waals surface area contributed by atoms with Crippen LogP contribution < -0.4 is 0 Å². The van der Waals surface area contributed by atoms with Crippen LogP contribution in [0.4, 0.5) is 0 Å². The molecule has 0 saturated heterocycles. The van der Waals surface area contributed by atoms with Gasteiger partial charge in [-0.15, -0.1) is 0 Å². The van der Waals surface area contributed by atoms with Crippen molar-refractivity contribution >= 4 is 0 Å². The summed E-state index contributed by atoms with van der Waals surface area (Å²) in [6.45, 7) is 4.98. The highest BCUT2D eigenvalue weighted by Gasteiger charge is 2.06. The molecule has 0 unspecified atom stereocenters. The Kier molecular flexibility index (Phi) is 4.11. The first-order chi connectivity index (χ1) is 6.69. The highest BCUT2D eigenvalue weighted by atomic mass is 16.5. The maximum Gasteiger partial charge on any atom is 0.0715 e. The predicted octanol–water partition coefficient (Wildman–Crippen LogP) is 1.98. The van der Waals surface area contributed by atoms with Gasteiger partial charge in [0, 0.05) is 13.7 Å². The molecule has 1 aromatic carbocycles. The summed E-state index contributed by atoms with van der Waals surface area (Å²) >= 11 is 0. The Balaban J connectivity index is 3.07. The fourth-order valence-electron chi connectivity index (χ4n) is 1.84. The lowest BCUT2D eigenvalue weighted by Crippen LogP contribution is -2.02. The van der Waals surface area contributed by atoms with Gasteiger partial charge in [-0.25, -0.2) is 0 Å². The number of aliphatic hydroxyl groups is 1. The Morgan fingerprint density at radius 2 is 2.00 bits per heavy atom. The molecule has 1 N–H and O–H groups in total. The van der Waals surface area contributed by atoms with Crippen molar-refractivity contribution in [3.05, 3.63) is 34.4 Å². The number of methoxy groups -OCH3 is 1. The van der Waals surface area contributed by atoms with E-state index in [4.69, 9.17) is 9.84 Å². The molecule has 0 fully saturated rings. The predicted molar refractivity (Wildman–Crippen MR) is 57.4 cm³/mol. The van der Waals surface area contributed by atoms with Crippen LogP contribution in [0.2, 0.25) is 0 Å². The van der Waals surface area contributed by atoms with Gasteiger partial charge in [-0.1, -0.05) is 17.7 Å². The third kappa shape index (κ3) is 2.56. The Labute approximate surface area is 85.5 Å². The van der Waals surface area contributed by atoms with Crippen molar-refractivity contribution in [1.29, 1.82) is 0 Å². The molecule has 0 saturated carbocycles. The SMILES string of the molecule is COCc1cc(C)cc(C)c1CCO. The Morgan fingerprint density at radius 3 is 2.57 bits per heavy atom. The molecular formula is C12H18O2. The van der Waals surface area contributed by atoms with Crippen molar-refractivity contribution in [2.75, 3.05) is 13.7 Å². The number of benzene rings is 1. The van der Waals surface area contributed by atoms with E-state index in [1.807, 2.05) is 0 Å². The van der Waals surface area contributed by atoms with Crippen molar-refractivity contribution in [3.8, 4) is 0 Å². The zero-order chi connectivity index (χ0) is 10.6. The number of hydrogen-bond acceptors (Lipinski definition) is 2. The van der Waals surface area contributed by atoms with E-state index >= 15 is 0 Å². The molecule has 1 aromatic rings. The van der Waals surface area contributed by atoms with Crippen LogP contribution in [-0.2, 0) is 17.8 Å². The van der Waals surface area contributed by atoms with E-state index in [-0.39, 0.29) is 6.61 Å². The highest BCUT2D eigenvalue weighted by molar-refractivity contribution is 5.38. The minimum Gasteiger partial charge on any atom is -0.396 e. The van der Waals surface area contributed by atoms with Crippen molar-refractivity contribution in [1.82, 2.24) is 0 Å². The van der Waals surface area contributed by atoms with Crippen LogP contribution in [0.25, 0.3) is 0 Å². The van der Waals surface area contributed by atoms with Crippen LogP contribution in [0.5, 0.6) is 0 Å². The zero-order valence-electron chi connectivity index (χ0n) is 9.13. The molecule has 78 valence electrons. The number of rotatable bonds is 4. The van der Waals surface area contributed by atoms with Gasteiger partial charge in [0.1, 0.15) is 0 Å². The summed E-state index contributed by atoms with van der Waals surface area (Å²) in [4.78, 5) is 0. The molecule has 2 heteroatoms. The average molecular weight is 194 g/mol. The Morgan fingerprint density at radius 1 is 1.29 bits per heavy atom. The van der Waals surface area contributed by atoms with Crippen LogP contribution in [0.3, 0.4) is 0 Å². The number of aryl methyl sites for hydroxylation is 2. The average Bonchev–Trinajstić information content (AvgIpc) is 2.11. The molecule has 0 amide bonds. The van der Waals surface area contributed by atoms with E-state index in [0.717, 1.165) is 0 Å². The van der Waals surface area contributed by atoms with Gasteiger partial charge in [0.05, 0.1) is 6.61 Å².